The first kappa shape index (κ1) is 11.8. The van der Waals surface area contributed by atoms with Gasteiger partial charge in [-0.25, -0.2) is 4.98 Å². The number of nitrogens with zero attached hydrogens (tertiary/aromatic N) is 5. The van der Waals surface area contributed by atoms with Crippen LogP contribution < -0.4 is 5.56 Å². The van der Waals surface area contributed by atoms with Crippen molar-refractivity contribution in [1.29, 1.82) is 0 Å². The SMILES string of the molecule is Cc1nc(SCn2nnc3ccccc3c2=O)n[nH]1. The van der Waals surface area contributed by atoms with E-state index in [1.54, 1.807) is 12.1 Å². The second kappa shape index (κ2) is 4.81. The Morgan fingerprint density at radius 1 is 1.37 bits per heavy atom. The standard InChI is InChI=1S/C11H10N6OS/c1-7-12-11(15-13-7)19-6-17-10(18)8-4-2-3-5-9(8)14-16-17/h2-5H,6H2,1H3,(H,12,13,15). The number of aromatic amines is 1. The number of aryl methyl sites for hydroxylation is 1. The van der Waals surface area contributed by atoms with E-state index in [4.69, 9.17) is 0 Å². The molecule has 0 fully saturated rings. The minimum atomic E-state index is -0.162. The molecule has 0 saturated carbocycles. The molecule has 0 aliphatic rings. The van der Waals surface area contributed by atoms with Crippen molar-refractivity contribution < 1.29 is 0 Å². The van der Waals surface area contributed by atoms with Crippen LogP contribution in [0.25, 0.3) is 10.9 Å². The van der Waals surface area contributed by atoms with E-state index >= 15 is 0 Å². The van der Waals surface area contributed by atoms with Crippen molar-refractivity contribution in [2.45, 2.75) is 18.0 Å². The lowest BCUT2D eigenvalue weighted by Crippen LogP contribution is -2.23. The summed E-state index contributed by atoms with van der Waals surface area (Å²) in [6.07, 6.45) is 0. The molecule has 0 aliphatic heterocycles. The number of thioether (sulfide) groups is 1. The molecule has 0 bridgehead atoms. The third-order valence-corrected chi connectivity index (χ3v) is 3.34. The van der Waals surface area contributed by atoms with Gasteiger partial charge in [-0.05, 0) is 19.1 Å². The summed E-state index contributed by atoms with van der Waals surface area (Å²) < 4.78 is 1.30. The van der Waals surface area contributed by atoms with Crippen LogP contribution in [0.2, 0.25) is 0 Å². The number of H-pyrrole nitrogens is 1. The van der Waals surface area contributed by atoms with Crippen LogP contribution in [0.1, 0.15) is 5.82 Å². The smallest absolute Gasteiger partial charge is 0.267 e. The number of benzene rings is 1. The number of hydrogen-bond donors (Lipinski definition) is 1. The molecule has 1 aromatic carbocycles. The molecule has 0 aliphatic carbocycles. The second-order valence-corrected chi connectivity index (χ2v) is 4.80. The van der Waals surface area contributed by atoms with Gasteiger partial charge in [0.25, 0.3) is 5.56 Å². The Labute approximate surface area is 112 Å². The minimum Gasteiger partial charge on any atom is -0.267 e. The summed E-state index contributed by atoms with van der Waals surface area (Å²) in [5.41, 5.74) is 0.438. The number of rotatable bonds is 3. The Morgan fingerprint density at radius 3 is 3.00 bits per heavy atom. The van der Waals surface area contributed by atoms with E-state index in [0.29, 0.717) is 21.9 Å². The number of hydrogen-bond acceptors (Lipinski definition) is 6. The Bertz CT molecular complexity index is 780. The Balaban J connectivity index is 1.89. The predicted molar refractivity (Wildman–Crippen MR) is 70.8 cm³/mol. The summed E-state index contributed by atoms with van der Waals surface area (Å²) in [5, 5.41) is 15.8. The van der Waals surface area contributed by atoms with Gasteiger partial charge in [-0.1, -0.05) is 29.1 Å². The van der Waals surface area contributed by atoms with Gasteiger partial charge in [-0.2, -0.15) is 4.68 Å². The zero-order valence-electron chi connectivity index (χ0n) is 10.1. The minimum absolute atomic E-state index is 0.162. The first-order chi connectivity index (χ1) is 9.24. The van der Waals surface area contributed by atoms with Crippen molar-refractivity contribution in [3.63, 3.8) is 0 Å². The van der Waals surface area contributed by atoms with E-state index in [1.165, 1.54) is 16.4 Å². The number of fused-ring (bicyclic) bond motifs is 1. The zero-order chi connectivity index (χ0) is 13.2. The fraction of sp³-hybridized carbons (Fsp3) is 0.182. The summed E-state index contributed by atoms with van der Waals surface area (Å²) in [6.45, 7) is 1.82. The van der Waals surface area contributed by atoms with Gasteiger partial charge >= 0.3 is 0 Å². The van der Waals surface area contributed by atoms with Crippen LogP contribution in [0.5, 0.6) is 0 Å². The maximum Gasteiger partial charge on any atom is 0.278 e. The van der Waals surface area contributed by atoms with Gasteiger partial charge in [0, 0.05) is 0 Å². The van der Waals surface area contributed by atoms with Crippen LogP contribution in [0.15, 0.2) is 34.2 Å². The van der Waals surface area contributed by atoms with Crippen molar-refractivity contribution >= 4 is 22.7 Å². The number of nitrogens with one attached hydrogen (secondary N) is 1. The molecule has 0 radical (unpaired) electrons. The normalized spacial score (nSPS) is 11.0. The first-order valence-electron chi connectivity index (χ1n) is 5.58. The van der Waals surface area contributed by atoms with Gasteiger partial charge in [-0.15, -0.1) is 10.2 Å². The Hall–Kier alpha value is -2.22. The molecule has 96 valence electrons. The van der Waals surface area contributed by atoms with Gasteiger partial charge in [0.1, 0.15) is 11.3 Å². The molecule has 19 heavy (non-hydrogen) atoms. The molecular formula is C11H10N6OS. The molecule has 0 spiro atoms. The quantitative estimate of drug-likeness (QED) is 0.716. The van der Waals surface area contributed by atoms with Crippen LogP contribution in [0.4, 0.5) is 0 Å². The summed E-state index contributed by atoms with van der Waals surface area (Å²) in [7, 11) is 0. The van der Waals surface area contributed by atoms with Crippen molar-refractivity contribution in [3.05, 3.63) is 40.4 Å². The lowest BCUT2D eigenvalue weighted by Gasteiger charge is -2.02. The third-order valence-electron chi connectivity index (χ3n) is 2.52. The van der Waals surface area contributed by atoms with Crippen LogP contribution >= 0.6 is 11.8 Å². The lowest BCUT2D eigenvalue weighted by molar-refractivity contribution is 0.644. The van der Waals surface area contributed by atoms with Gasteiger partial charge < -0.3 is 0 Å². The maximum atomic E-state index is 12.2. The molecule has 1 N–H and O–H groups in total. The van der Waals surface area contributed by atoms with Crippen LogP contribution in [0, 0.1) is 6.92 Å². The van der Waals surface area contributed by atoms with Gasteiger partial charge in [0.15, 0.2) is 0 Å². The molecule has 7 nitrogen and oxygen atoms in total. The van der Waals surface area contributed by atoms with E-state index < -0.39 is 0 Å². The fourth-order valence-corrected chi connectivity index (χ4v) is 2.33. The van der Waals surface area contributed by atoms with Crippen molar-refractivity contribution in [2.75, 3.05) is 0 Å². The molecule has 3 rings (SSSR count). The van der Waals surface area contributed by atoms with Gasteiger partial charge in [0.05, 0.1) is 11.3 Å². The molecule has 0 saturated heterocycles. The summed E-state index contributed by atoms with van der Waals surface area (Å²) in [6, 6.07) is 7.14. The second-order valence-electron chi connectivity index (χ2n) is 3.89. The van der Waals surface area contributed by atoms with Crippen molar-refractivity contribution in [1.82, 2.24) is 30.2 Å². The first-order valence-corrected chi connectivity index (χ1v) is 6.57. The maximum absolute atomic E-state index is 12.2. The molecule has 3 aromatic rings. The van der Waals surface area contributed by atoms with E-state index in [9.17, 15) is 4.79 Å². The summed E-state index contributed by atoms with van der Waals surface area (Å²) >= 11 is 1.32. The van der Waals surface area contributed by atoms with Gasteiger partial charge in [-0.3, -0.25) is 9.89 Å². The van der Waals surface area contributed by atoms with E-state index in [-0.39, 0.29) is 5.56 Å². The zero-order valence-corrected chi connectivity index (χ0v) is 10.9. The monoisotopic (exact) mass is 274 g/mol. The molecule has 0 unspecified atom stereocenters. The van der Waals surface area contributed by atoms with Crippen LogP contribution in [0.3, 0.4) is 0 Å². The summed E-state index contributed by atoms with van der Waals surface area (Å²) in [4.78, 5) is 16.3. The summed E-state index contributed by atoms with van der Waals surface area (Å²) in [5.74, 6) is 1.06. The predicted octanol–water partition coefficient (Wildman–Crippen LogP) is 0.968. The van der Waals surface area contributed by atoms with Crippen LogP contribution in [-0.4, -0.2) is 30.2 Å². The Kier molecular flexibility index (Phi) is 3.00. The number of aromatic nitrogens is 6. The van der Waals surface area contributed by atoms with Crippen LogP contribution in [-0.2, 0) is 5.88 Å². The highest BCUT2D eigenvalue weighted by Crippen LogP contribution is 2.13. The average Bonchev–Trinajstić information content (AvgIpc) is 2.84. The molecule has 2 heterocycles. The molecule has 0 amide bonds. The third kappa shape index (κ3) is 2.34. The fourth-order valence-electron chi connectivity index (χ4n) is 1.61. The molecule has 8 heteroatoms. The Morgan fingerprint density at radius 2 is 2.21 bits per heavy atom. The van der Waals surface area contributed by atoms with Crippen molar-refractivity contribution in [2.24, 2.45) is 0 Å². The lowest BCUT2D eigenvalue weighted by atomic mass is 10.2. The highest BCUT2D eigenvalue weighted by molar-refractivity contribution is 7.98. The van der Waals surface area contributed by atoms with E-state index in [1.807, 2.05) is 19.1 Å². The largest absolute Gasteiger partial charge is 0.278 e. The molecular weight excluding hydrogens is 264 g/mol. The average molecular weight is 274 g/mol. The highest BCUT2D eigenvalue weighted by Gasteiger charge is 2.07. The van der Waals surface area contributed by atoms with Gasteiger partial charge in [0.2, 0.25) is 5.16 Å². The van der Waals surface area contributed by atoms with E-state index in [2.05, 4.69) is 25.5 Å². The van der Waals surface area contributed by atoms with Crippen molar-refractivity contribution in [3.8, 4) is 0 Å². The van der Waals surface area contributed by atoms with E-state index in [0.717, 1.165) is 5.82 Å². The molecule has 2 aromatic heterocycles. The molecule has 0 atom stereocenters. The highest BCUT2D eigenvalue weighted by atomic mass is 32.2. The topological polar surface area (TPSA) is 89.3 Å².